The maximum atomic E-state index is 5.85. The number of hydrogen-bond donors (Lipinski definition) is 1. The fourth-order valence-electron chi connectivity index (χ4n) is 2.22. The van der Waals surface area contributed by atoms with E-state index in [1.165, 1.54) is 25.7 Å². The van der Waals surface area contributed by atoms with Crippen LogP contribution >= 0.6 is 0 Å². The quantitative estimate of drug-likeness (QED) is 0.730. The van der Waals surface area contributed by atoms with Crippen LogP contribution in [0.25, 0.3) is 0 Å². The summed E-state index contributed by atoms with van der Waals surface area (Å²) in [7, 11) is 0. The van der Waals surface area contributed by atoms with Crippen LogP contribution in [-0.4, -0.2) is 43.3 Å². The molecule has 3 nitrogen and oxygen atoms in total. The first-order valence-electron chi connectivity index (χ1n) is 6.32. The highest BCUT2D eigenvalue weighted by Crippen LogP contribution is 2.14. The Labute approximate surface area is 94.0 Å². The van der Waals surface area contributed by atoms with E-state index < -0.39 is 0 Å². The SMILES string of the molecule is CCCN(CC(C)N)CC1CCCCO1. The molecule has 1 saturated heterocycles. The van der Waals surface area contributed by atoms with Gasteiger partial charge in [0, 0.05) is 25.7 Å². The van der Waals surface area contributed by atoms with E-state index in [1.807, 2.05) is 0 Å². The smallest absolute Gasteiger partial charge is 0.0702 e. The van der Waals surface area contributed by atoms with Crippen molar-refractivity contribution in [3.8, 4) is 0 Å². The molecule has 0 aromatic heterocycles. The van der Waals surface area contributed by atoms with Crippen molar-refractivity contribution in [2.45, 2.75) is 51.7 Å². The third kappa shape index (κ3) is 5.50. The summed E-state index contributed by atoms with van der Waals surface area (Å²) in [5.74, 6) is 0. The number of nitrogens with two attached hydrogens (primary N) is 1. The Morgan fingerprint density at radius 2 is 2.27 bits per heavy atom. The Balaban J connectivity index is 2.28. The molecule has 0 bridgehead atoms. The van der Waals surface area contributed by atoms with Crippen LogP contribution in [0, 0.1) is 0 Å². The van der Waals surface area contributed by atoms with Crippen molar-refractivity contribution in [1.29, 1.82) is 0 Å². The third-order valence-corrected chi connectivity index (χ3v) is 2.82. The van der Waals surface area contributed by atoms with Gasteiger partial charge in [0.2, 0.25) is 0 Å². The van der Waals surface area contributed by atoms with Crippen LogP contribution in [0.1, 0.15) is 39.5 Å². The van der Waals surface area contributed by atoms with E-state index in [2.05, 4.69) is 18.7 Å². The molecule has 0 spiro atoms. The molecule has 0 aliphatic carbocycles. The molecule has 1 fully saturated rings. The second kappa shape index (κ2) is 7.20. The minimum absolute atomic E-state index is 0.264. The van der Waals surface area contributed by atoms with Crippen molar-refractivity contribution in [2.75, 3.05) is 26.2 Å². The summed E-state index contributed by atoms with van der Waals surface area (Å²) in [6.45, 7) is 8.44. The van der Waals surface area contributed by atoms with Crippen molar-refractivity contribution < 1.29 is 4.74 Å². The minimum atomic E-state index is 0.264. The predicted octanol–water partition coefficient (Wildman–Crippen LogP) is 1.61. The largest absolute Gasteiger partial charge is 0.377 e. The Morgan fingerprint density at radius 3 is 2.80 bits per heavy atom. The van der Waals surface area contributed by atoms with Crippen LogP contribution in [0.3, 0.4) is 0 Å². The maximum Gasteiger partial charge on any atom is 0.0702 e. The molecular weight excluding hydrogens is 188 g/mol. The van der Waals surface area contributed by atoms with E-state index in [-0.39, 0.29) is 6.04 Å². The lowest BCUT2D eigenvalue weighted by Crippen LogP contribution is -2.42. The molecule has 2 N–H and O–H groups in total. The Hall–Kier alpha value is -0.120. The standard InChI is InChI=1S/C12H26N2O/c1-3-7-14(9-11(2)13)10-12-6-4-5-8-15-12/h11-12H,3-10,13H2,1-2H3. The molecular formula is C12H26N2O. The van der Waals surface area contributed by atoms with Gasteiger partial charge in [0.15, 0.2) is 0 Å². The van der Waals surface area contributed by atoms with Crippen LogP contribution in [0.5, 0.6) is 0 Å². The minimum Gasteiger partial charge on any atom is -0.377 e. The van der Waals surface area contributed by atoms with Gasteiger partial charge < -0.3 is 10.5 Å². The monoisotopic (exact) mass is 214 g/mol. The lowest BCUT2D eigenvalue weighted by molar-refractivity contribution is -0.00628. The van der Waals surface area contributed by atoms with E-state index in [1.54, 1.807) is 0 Å². The zero-order valence-corrected chi connectivity index (χ0v) is 10.2. The van der Waals surface area contributed by atoms with E-state index in [4.69, 9.17) is 10.5 Å². The molecule has 0 saturated carbocycles. The zero-order chi connectivity index (χ0) is 11.1. The van der Waals surface area contributed by atoms with E-state index in [0.717, 1.165) is 26.2 Å². The van der Waals surface area contributed by atoms with Gasteiger partial charge in [-0.1, -0.05) is 6.92 Å². The molecule has 90 valence electrons. The number of nitrogens with zero attached hydrogens (tertiary/aromatic N) is 1. The maximum absolute atomic E-state index is 5.85. The van der Waals surface area contributed by atoms with Crippen molar-refractivity contribution >= 4 is 0 Å². The summed E-state index contributed by atoms with van der Waals surface area (Å²) >= 11 is 0. The van der Waals surface area contributed by atoms with Crippen molar-refractivity contribution in [1.82, 2.24) is 4.90 Å². The second-order valence-electron chi connectivity index (χ2n) is 4.73. The van der Waals surface area contributed by atoms with E-state index in [0.29, 0.717) is 6.10 Å². The van der Waals surface area contributed by atoms with E-state index in [9.17, 15) is 0 Å². The van der Waals surface area contributed by atoms with Gasteiger partial charge in [-0.2, -0.15) is 0 Å². The summed E-state index contributed by atoms with van der Waals surface area (Å²) < 4.78 is 5.75. The third-order valence-electron chi connectivity index (χ3n) is 2.82. The molecule has 1 aliphatic heterocycles. The molecule has 15 heavy (non-hydrogen) atoms. The first-order valence-corrected chi connectivity index (χ1v) is 6.32. The topological polar surface area (TPSA) is 38.5 Å². The van der Waals surface area contributed by atoms with Crippen LogP contribution < -0.4 is 5.73 Å². The molecule has 0 aromatic rings. The molecule has 0 radical (unpaired) electrons. The fraction of sp³-hybridized carbons (Fsp3) is 1.00. The number of ether oxygens (including phenoxy) is 1. The average Bonchev–Trinajstić information content (AvgIpc) is 2.18. The molecule has 3 heteroatoms. The highest BCUT2D eigenvalue weighted by Gasteiger charge is 2.17. The highest BCUT2D eigenvalue weighted by molar-refractivity contribution is 4.71. The molecule has 1 rings (SSSR count). The summed E-state index contributed by atoms with van der Waals surface area (Å²) in [4.78, 5) is 2.45. The van der Waals surface area contributed by atoms with Crippen LogP contribution in [0.4, 0.5) is 0 Å². The molecule has 0 aromatic carbocycles. The van der Waals surface area contributed by atoms with Gasteiger partial charge in [0.05, 0.1) is 6.10 Å². The van der Waals surface area contributed by atoms with Gasteiger partial charge in [-0.15, -0.1) is 0 Å². The van der Waals surface area contributed by atoms with Gasteiger partial charge in [-0.05, 0) is 39.2 Å². The molecule has 2 unspecified atom stereocenters. The normalized spacial score (nSPS) is 24.4. The van der Waals surface area contributed by atoms with Crippen LogP contribution in [-0.2, 0) is 4.74 Å². The Kier molecular flexibility index (Phi) is 6.22. The van der Waals surface area contributed by atoms with E-state index >= 15 is 0 Å². The zero-order valence-electron chi connectivity index (χ0n) is 10.2. The summed E-state index contributed by atoms with van der Waals surface area (Å²) in [5.41, 5.74) is 5.85. The van der Waals surface area contributed by atoms with Gasteiger partial charge >= 0.3 is 0 Å². The summed E-state index contributed by atoms with van der Waals surface area (Å²) in [6.07, 6.45) is 5.42. The Morgan fingerprint density at radius 1 is 1.47 bits per heavy atom. The van der Waals surface area contributed by atoms with Crippen molar-refractivity contribution in [3.05, 3.63) is 0 Å². The molecule has 1 aliphatic rings. The lowest BCUT2D eigenvalue weighted by Gasteiger charge is -2.30. The molecule has 2 atom stereocenters. The number of rotatable bonds is 6. The van der Waals surface area contributed by atoms with Gasteiger partial charge in [-0.25, -0.2) is 0 Å². The van der Waals surface area contributed by atoms with Crippen LogP contribution in [0.2, 0.25) is 0 Å². The molecule has 0 amide bonds. The van der Waals surface area contributed by atoms with Crippen molar-refractivity contribution in [3.63, 3.8) is 0 Å². The predicted molar refractivity (Wildman–Crippen MR) is 64.0 cm³/mol. The summed E-state index contributed by atoms with van der Waals surface area (Å²) in [5, 5.41) is 0. The van der Waals surface area contributed by atoms with Crippen molar-refractivity contribution in [2.24, 2.45) is 5.73 Å². The highest BCUT2D eigenvalue weighted by atomic mass is 16.5. The van der Waals surface area contributed by atoms with Gasteiger partial charge in [0.1, 0.15) is 0 Å². The summed E-state index contributed by atoms with van der Waals surface area (Å²) in [6, 6.07) is 0.264. The van der Waals surface area contributed by atoms with Gasteiger partial charge in [-0.3, -0.25) is 4.90 Å². The van der Waals surface area contributed by atoms with Crippen LogP contribution in [0.15, 0.2) is 0 Å². The average molecular weight is 214 g/mol. The molecule has 1 heterocycles. The lowest BCUT2D eigenvalue weighted by atomic mass is 10.1. The fourth-order valence-corrected chi connectivity index (χ4v) is 2.22. The number of hydrogen-bond acceptors (Lipinski definition) is 3. The second-order valence-corrected chi connectivity index (χ2v) is 4.73. The van der Waals surface area contributed by atoms with Gasteiger partial charge in [0.25, 0.3) is 0 Å². The first-order chi connectivity index (χ1) is 7.22. The first kappa shape index (κ1) is 12.9. The Bertz CT molecular complexity index is 156.